The first-order valence-electron chi connectivity index (χ1n) is 15.6. The molecule has 2 saturated heterocycles. The molecule has 1 aromatic rings. The number of carboxylic acid groups (broad SMARTS) is 1. The Kier molecular flexibility index (Phi) is 6.69. The molecule has 8 rings (SSSR count). The molecule has 5 aliphatic carbocycles. The number of carboxylic acids is 1. The van der Waals surface area contributed by atoms with Crippen molar-refractivity contribution in [3.63, 3.8) is 0 Å². The second-order valence-corrected chi connectivity index (χ2v) is 14.0. The van der Waals surface area contributed by atoms with Crippen molar-refractivity contribution in [2.24, 2.45) is 35.5 Å². The average molecular weight is 541 g/mol. The van der Waals surface area contributed by atoms with Gasteiger partial charge in [0.05, 0.1) is 12.6 Å². The molecule has 39 heavy (non-hydrogen) atoms. The number of nitrogens with one attached hydrogen (secondary N) is 1. The summed E-state index contributed by atoms with van der Waals surface area (Å²) in [6.45, 7) is 4.61. The van der Waals surface area contributed by atoms with E-state index in [0.717, 1.165) is 62.5 Å². The number of hydrogen-bond donors (Lipinski definition) is 2. The highest BCUT2D eigenvalue weighted by atomic mass is 16.5. The first-order valence-corrected chi connectivity index (χ1v) is 15.6. The zero-order chi connectivity index (χ0) is 26.7. The van der Waals surface area contributed by atoms with Crippen LogP contribution in [0.2, 0.25) is 0 Å². The van der Waals surface area contributed by atoms with Crippen molar-refractivity contribution in [2.75, 3.05) is 26.2 Å². The van der Waals surface area contributed by atoms with Crippen LogP contribution in [-0.4, -0.2) is 80.5 Å². The van der Waals surface area contributed by atoms with Crippen LogP contribution in [0.4, 0.5) is 0 Å². The van der Waals surface area contributed by atoms with E-state index in [2.05, 4.69) is 20.5 Å². The van der Waals surface area contributed by atoms with Crippen molar-refractivity contribution in [1.82, 2.24) is 30.4 Å². The Bertz CT molecular complexity index is 1060. The normalized spacial score (nSPS) is 43.4. The Morgan fingerprint density at radius 1 is 1.03 bits per heavy atom. The third kappa shape index (κ3) is 4.79. The molecule has 7 fully saturated rings. The third-order valence-corrected chi connectivity index (χ3v) is 11.4. The van der Waals surface area contributed by atoms with Gasteiger partial charge in [0.2, 0.25) is 0 Å². The number of fused-ring (bicyclic) bond motifs is 1. The SMILES string of the molecule is CCOC(=O)[C@@H]1C[C@H](n2nnc(C34CC5CC(CC(C5)C3)C4)n2)CN1C[C@H]1CC[C@H]2CN[C@H](C(=O)O)C[C@H]2C1. The van der Waals surface area contributed by atoms with Gasteiger partial charge >= 0.3 is 11.9 Å². The number of likely N-dealkylation sites (tertiary alicyclic amines) is 1. The van der Waals surface area contributed by atoms with Crippen molar-refractivity contribution >= 4 is 11.9 Å². The smallest absolute Gasteiger partial charge is 0.323 e. The van der Waals surface area contributed by atoms with Gasteiger partial charge in [-0.2, -0.15) is 4.80 Å². The first-order chi connectivity index (χ1) is 18.9. The van der Waals surface area contributed by atoms with E-state index in [1.807, 2.05) is 11.7 Å². The van der Waals surface area contributed by atoms with E-state index in [-0.39, 0.29) is 23.5 Å². The van der Waals surface area contributed by atoms with Crippen LogP contribution >= 0.6 is 0 Å². The van der Waals surface area contributed by atoms with Crippen LogP contribution in [0.3, 0.4) is 0 Å². The standard InChI is InChI=1S/C29H44N6O4/c1-2-39-27(38)25-10-23(16-34(25)15-17-3-4-21-14-30-24(26(36)37)9-22(21)8-17)35-32-28(31-33-35)29-11-18-5-19(12-29)7-20(6-18)13-29/h17-25,30H,2-16H2,1H3,(H,36,37)/t17-,18?,19?,20?,21-,22+,23-,24-,25-,29?/m0/s1. The molecule has 10 heteroatoms. The highest BCUT2D eigenvalue weighted by molar-refractivity contribution is 5.76. The van der Waals surface area contributed by atoms with Gasteiger partial charge in [0, 0.05) is 18.5 Å². The van der Waals surface area contributed by atoms with E-state index in [0.29, 0.717) is 37.2 Å². The minimum atomic E-state index is -0.742. The number of tetrazole rings is 1. The molecule has 4 bridgehead atoms. The quantitative estimate of drug-likeness (QED) is 0.503. The molecular weight excluding hydrogens is 496 g/mol. The van der Waals surface area contributed by atoms with Gasteiger partial charge < -0.3 is 15.2 Å². The Morgan fingerprint density at radius 2 is 1.77 bits per heavy atom. The molecule has 3 heterocycles. The van der Waals surface area contributed by atoms with Crippen LogP contribution in [0.5, 0.6) is 0 Å². The maximum absolute atomic E-state index is 13.1. The minimum absolute atomic E-state index is 0.0150. The summed E-state index contributed by atoms with van der Waals surface area (Å²) in [6.07, 6.45) is 12.5. The van der Waals surface area contributed by atoms with E-state index in [1.54, 1.807) is 0 Å². The van der Waals surface area contributed by atoms with E-state index in [1.165, 1.54) is 38.5 Å². The van der Waals surface area contributed by atoms with Crippen molar-refractivity contribution in [2.45, 2.75) is 101 Å². The second-order valence-electron chi connectivity index (χ2n) is 14.0. The number of aromatic nitrogens is 4. The number of ether oxygens (including phenoxy) is 1. The van der Waals surface area contributed by atoms with Gasteiger partial charge in [-0.15, -0.1) is 10.2 Å². The largest absolute Gasteiger partial charge is 0.480 e. The predicted molar refractivity (Wildman–Crippen MR) is 142 cm³/mol. The van der Waals surface area contributed by atoms with Gasteiger partial charge in [0.1, 0.15) is 12.1 Å². The highest BCUT2D eigenvalue weighted by Gasteiger charge is 2.54. The molecule has 10 nitrogen and oxygen atoms in total. The fraction of sp³-hybridized carbons (Fsp3) is 0.897. The highest BCUT2D eigenvalue weighted by Crippen LogP contribution is 2.60. The van der Waals surface area contributed by atoms with E-state index in [9.17, 15) is 14.7 Å². The summed E-state index contributed by atoms with van der Waals surface area (Å²) in [5.74, 6) is 4.01. The number of hydrogen-bond acceptors (Lipinski definition) is 8. The van der Waals surface area contributed by atoms with Gasteiger partial charge in [-0.3, -0.25) is 14.5 Å². The summed E-state index contributed by atoms with van der Waals surface area (Å²) >= 11 is 0. The zero-order valence-electron chi connectivity index (χ0n) is 23.2. The number of piperidine rings is 1. The van der Waals surface area contributed by atoms with Crippen molar-refractivity contribution in [3.05, 3.63) is 5.82 Å². The van der Waals surface area contributed by atoms with Crippen LogP contribution in [-0.2, 0) is 19.7 Å². The molecule has 0 spiro atoms. The van der Waals surface area contributed by atoms with Crippen LogP contribution in [0, 0.1) is 35.5 Å². The van der Waals surface area contributed by atoms with Crippen molar-refractivity contribution < 1.29 is 19.4 Å². The molecule has 0 aromatic carbocycles. The molecule has 0 unspecified atom stereocenters. The van der Waals surface area contributed by atoms with E-state index in [4.69, 9.17) is 9.84 Å². The number of carbonyl (C=O) groups is 2. The molecule has 0 amide bonds. The number of carbonyl (C=O) groups excluding carboxylic acids is 1. The molecule has 214 valence electrons. The van der Waals surface area contributed by atoms with Crippen LogP contribution < -0.4 is 5.32 Å². The van der Waals surface area contributed by atoms with Gasteiger partial charge in [0.15, 0.2) is 5.82 Å². The van der Waals surface area contributed by atoms with E-state index < -0.39 is 12.0 Å². The van der Waals surface area contributed by atoms with Crippen LogP contribution in [0.15, 0.2) is 0 Å². The Hall–Kier alpha value is -2.07. The van der Waals surface area contributed by atoms with Gasteiger partial charge in [-0.05, 0) is 125 Å². The lowest BCUT2D eigenvalue weighted by atomic mass is 9.49. The van der Waals surface area contributed by atoms with Crippen molar-refractivity contribution in [3.8, 4) is 0 Å². The lowest BCUT2D eigenvalue weighted by Crippen LogP contribution is -2.50. The topological polar surface area (TPSA) is 122 Å². The Balaban J connectivity index is 1.05. The summed E-state index contributed by atoms with van der Waals surface area (Å²) in [5, 5.41) is 27.0. The van der Waals surface area contributed by atoms with Gasteiger partial charge in [-0.1, -0.05) is 0 Å². The zero-order valence-corrected chi connectivity index (χ0v) is 23.2. The molecule has 7 aliphatic rings. The monoisotopic (exact) mass is 540 g/mol. The molecule has 2 N–H and O–H groups in total. The van der Waals surface area contributed by atoms with Crippen molar-refractivity contribution in [1.29, 1.82) is 0 Å². The van der Waals surface area contributed by atoms with Gasteiger partial charge in [0.25, 0.3) is 0 Å². The molecule has 6 atom stereocenters. The predicted octanol–water partition coefficient (Wildman–Crippen LogP) is 2.80. The summed E-state index contributed by atoms with van der Waals surface area (Å²) < 4.78 is 5.51. The number of nitrogens with zero attached hydrogens (tertiary/aromatic N) is 5. The molecular formula is C29H44N6O4. The second kappa shape index (κ2) is 10.1. The maximum Gasteiger partial charge on any atom is 0.323 e. The molecule has 5 saturated carbocycles. The molecule has 1 aromatic heterocycles. The third-order valence-electron chi connectivity index (χ3n) is 11.4. The summed E-state index contributed by atoms with van der Waals surface area (Å²) in [7, 11) is 0. The summed E-state index contributed by atoms with van der Waals surface area (Å²) in [4.78, 5) is 28.8. The minimum Gasteiger partial charge on any atom is -0.480 e. The average Bonchev–Trinajstić information content (AvgIpc) is 3.56. The Morgan fingerprint density at radius 3 is 2.46 bits per heavy atom. The number of esters is 1. The lowest BCUT2D eigenvalue weighted by molar-refractivity contribution is -0.149. The number of aliphatic carboxylic acids is 1. The Labute approximate surface area is 230 Å². The first kappa shape index (κ1) is 25.9. The number of rotatable bonds is 7. The van der Waals surface area contributed by atoms with E-state index >= 15 is 0 Å². The maximum atomic E-state index is 13.1. The van der Waals surface area contributed by atoms with Crippen LogP contribution in [0.1, 0.15) is 89.4 Å². The van der Waals surface area contributed by atoms with Crippen LogP contribution in [0.25, 0.3) is 0 Å². The molecule has 2 aliphatic heterocycles. The summed E-state index contributed by atoms with van der Waals surface area (Å²) in [6, 6.07) is -0.711. The fourth-order valence-corrected chi connectivity index (χ4v) is 10.1. The lowest BCUT2D eigenvalue weighted by Gasteiger charge is -2.55. The fourth-order valence-electron chi connectivity index (χ4n) is 10.1. The summed E-state index contributed by atoms with van der Waals surface area (Å²) in [5.41, 5.74) is 0.118. The van der Waals surface area contributed by atoms with Gasteiger partial charge in [-0.25, -0.2) is 0 Å². The molecule has 0 radical (unpaired) electrons.